The van der Waals surface area contributed by atoms with Gasteiger partial charge in [-0.2, -0.15) is 0 Å². The average Bonchev–Trinajstić information content (AvgIpc) is 3.19. The van der Waals surface area contributed by atoms with Gasteiger partial charge >= 0.3 is 0 Å². The normalized spacial score (nSPS) is 11.7. The fourth-order valence-electron chi connectivity index (χ4n) is 2.45. The maximum Gasteiger partial charge on any atom is 0.240 e. The van der Waals surface area contributed by atoms with Crippen molar-refractivity contribution in [3.05, 3.63) is 71.1 Å². The number of rotatable bonds is 8. The third kappa shape index (κ3) is 5.38. The molecule has 2 aromatic carbocycles. The van der Waals surface area contributed by atoms with Crippen LogP contribution in [0.5, 0.6) is 11.5 Å². The molecule has 7 nitrogen and oxygen atoms in total. The Hall–Kier alpha value is -2.81. The van der Waals surface area contributed by atoms with E-state index in [0.717, 1.165) is 0 Å². The van der Waals surface area contributed by atoms with Gasteiger partial charge in [0.2, 0.25) is 10.0 Å². The third-order valence-electron chi connectivity index (χ3n) is 3.96. The molecule has 1 heterocycles. The number of hydrogen-bond donors (Lipinski definition) is 1. The van der Waals surface area contributed by atoms with E-state index in [4.69, 9.17) is 25.5 Å². The summed E-state index contributed by atoms with van der Waals surface area (Å²) in [6.07, 6.45) is 1.53. The largest absolute Gasteiger partial charge is 0.497 e. The molecule has 0 aliphatic rings. The Bertz CT molecular complexity index is 1110. The highest BCUT2D eigenvalue weighted by Crippen LogP contribution is 2.31. The quantitative estimate of drug-likeness (QED) is 0.537. The Morgan fingerprint density at radius 2 is 1.83 bits per heavy atom. The van der Waals surface area contributed by atoms with Crippen molar-refractivity contribution >= 4 is 33.5 Å². The summed E-state index contributed by atoms with van der Waals surface area (Å²) >= 11 is 5.79. The molecule has 3 rings (SSSR count). The molecule has 0 atom stereocenters. The number of sulfonamides is 1. The first kappa shape index (κ1) is 20.9. The minimum Gasteiger partial charge on any atom is -0.497 e. The van der Waals surface area contributed by atoms with E-state index in [2.05, 4.69) is 9.71 Å². The van der Waals surface area contributed by atoms with Crippen LogP contribution in [0, 0.1) is 0 Å². The summed E-state index contributed by atoms with van der Waals surface area (Å²) in [5.41, 5.74) is 0.606. The fourth-order valence-corrected chi connectivity index (χ4v) is 3.57. The molecule has 0 aliphatic carbocycles. The zero-order valence-electron chi connectivity index (χ0n) is 15.8. The topological polar surface area (TPSA) is 90.1 Å². The van der Waals surface area contributed by atoms with E-state index in [1.807, 2.05) is 0 Å². The number of nitrogens with zero attached hydrogens (tertiary/aromatic N) is 1. The van der Waals surface area contributed by atoms with E-state index >= 15 is 0 Å². The SMILES string of the molecule is COc1ccc(N=Cc2ccc(CNS(=O)(=O)c3ccc(Cl)cc3)o2)c(OC)c1. The van der Waals surface area contributed by atoms with Crippen LogP contribution in [0.3, 0.4) is 0 Å². The van der Waals surface area contributed by atoms with E-state index in [-0.39, 0.29) is 11.4 Å². The highest BCUT2D eigenvalue weighted by atomic mass is 35.5. The fraction of sp³-hybridized carbons (Fsp3) is 0.150. The monoisotopic (exact) mass is 434 g/mol. The molecule has 0 unspecified atom stereocenters. The van der Waals surface area contributed by atoms with Gasteiger partial charge in [0.05, 0.1) is 31.9 Å². The van der Waals surface area contributed by atoms with Gasteiger partial charge < -0.3 is 13.9 Å². The highest BCUT2D eigenvalue weighted by molar-refractivity contribution is 7.89. The maximum absolute atomic E-state index is 12.3. The number of nitrogens with one attached hydrogen (secondary N) is 1. The summed E-state index contributed by atoms with van der Waals surface area (Å²) in [5.74, 6) is 2.14. The molecule has 0 saturated heterocycles. The van der Waals surface area contributed by atoms with Crippen LogP contribution < -0.4 is 14.2 Å². The van der Waals surface area contributed by atoms with Gasteiger partial charge in [-0.1, -0.05) is 11.6 Å². The van der Waals surface area contributed by atoms with Crippen LogP contribution in [0.15, 0.2) is 68.9 Å². The molecular weight excluding hydrogens is 416 g/mol. The molecule has 0 amide bonds. The summed E-state index contributed by atoms with van der Waals surface area (Å²) in [4.78, 5) is 4.48. The van der Waals surface area contributed by atoms with Crippen molar-refractivity contribution in [1.82, 2.24) is 4.72 Å². The standard InChI is InChI=1S/C20H19ClN2O5S/c1-26-15-7-10-19(20(11-15)27-2)22-12-16-5-6-17(28-16)13-23-29(24,25)18-8-3-14(21)4-9-18/h3-12,23H,13H2,1-2H3. The third-order valence-corrected chi connectivity index (χ3v) is 5.63. The molecule has 0 radical (unpaired) electrons. The molecule has 1 aromatic heterocycles. The molecule has 9 heteroatoms. The predicted molar refractivity (Wildman–Crippen MR) is 111 cm³/mol. The van der Waals surface area contributed by atoms with Crippen molar-refractivity contribution in [3.8, 4) is 11.5 Å². The van der Waals surface area contributed by atoms with E-state index in [0.29, 0.717) is 33.7 Å². The minimum atomic E-state index is -3.67. The second kappa shape index (κ2) is 9.13. The smallest absolute Gasteiger partial charge is 0.240 e. The highest BCUT2D eigenvalue weighted by Gasteiger charge is 2.14. The van der Waals surface area contributed by atoms with E-state index in [1.165, 1.54) is 30.5 Å². The second-order valence-corrected chi connectivity index (χ2v) is 8.08. The minimum absolute atomic E-state index is 0.00462. The van der Waals surface area contributed by atoms with Crippen LogP contribution in [0.25, 0.3) is 0 Å². The number of ether oxygens (including phenoxy) is 2. The summed E-state index contributed by atoms with van der Waals surface area (Å²) in [5, 5.41) is 0.465. The van der Waals surface area contributed by atoms with Crippen molar-refractivity contribution in [1.29, 1.82) is 0 Å². The molecule has 0 fully saturated rings. The van der Waals surface area contributed by atoms with E-state index in [1.54, 1.807) is 44.6 Å². The van der Waals surface area contributed by atoms with Crippen LogP contribution in [-0.4, -0.2) is 28.9 Å². The van der Waals surface area contributed by atoms with Crippen molar-refractivity contribution in [3.63, 3.8) is 0 Å². The van der Waals surface area contributed by atoms with Crippen molar-refractivity contribution in [2.24, 2.45) is 4.99 Å². The Kier molecular flexibility index (Phi) is 6.58. The maximum atomic E-state index is 12.3. The van der Waals surface area contributed by atoms with Gasteiger partial charge in [0.1, 0.15) is 28.7 Å². The lowest BCUT2D eigenvalue weighted by atomic mass is 10.3. The van der Waals surface area contributed by atoms with Gasteiger partial charge in [0, 0.05) is 11.1 Å². The molecule has 3 aromatic rings. The zero-order chi connectivity index (χ0) is 20.9. The van der Waals surface area contributed by atoms with Gasteiger partial charge in [-0.3, -0.25) is 0 Å². The van der Waals surface area contributed by atoms with E-state index < -0.39 is 10.0 Å². The van der Waals surface area contributed by atoms with Gasteiger partial charge in [-0.25, -0.2) is 18.1 Å². The van der Waals surface area contributed by atoms with Crippen LogP contribution in [0.4, 0.5) is 5.69 Å². The summed E-state index contributed by atoms with van der Waals surface area (Å²) in [6.45, 7) is 0.00462. The summed E-state index contributed by atoms with van der Waals surface area (Å²) in [6, 6.07) is 14.6. The molecule has 0 spiro atoms. The number of halogens is 1. The van der Waals surface area contributed by atoms with Crippen LogP contribution in [0.2, 0.25) is 5.02 Å². The molecule has 0 aliphatic heterocycles. The molecule has 0 bridgehead atoms. The molecule has 0 saturated carbocycles. The lowest BCUT2D eigenvalue weighted by Gasteiger charge is -2.06. The molecule has 29 heavy (non-hydrogen) atoms. The van der Waals surface area contributed by atoms with Crippen molar-refractivity contribution in [2.45, 2.75) is 11.4 Å². The predicted octanol–water partition coefficient (Wildman–Crippen LogP) is 4.18. The Labute approximate surface area is 174 Å². The first-order valence-corrected chi connectivity index (χ1v) is 10.4. The van der Waals surface area contributed by atoms with Crippen molar-refractivity contribution < 1.29 is 22.3 Å². The lowest BCUT2D eigenvalue weighted by molar-refractivity contribution is 0.395. The Morgan fingerprint density at radius 3 is 2.52 bits per heavy atom. The van der Waals surface area contributed by atoms with Crippen LogP contribution >= 0.6 is 11.6 Å². The number of benzene rings is 2. The van der Waals surface area contributed by atoms with Crippen molar-refractivity contribution in [2.75, 3.05) is 14.2 Å². The molecule has 1 N–H and O–H groups in total. The zero-order valence-corrected chi connectivity index (χ0v) is 17.3. The summed E-state index contributed by atoms with van der Waals surface area (Å²) in [7, 11) is -0.548. The number of methoxy groups -OCH3 is 2. The van der Waals surface area contributed by atoms with Gasteiger partial charge in [0.25, 0.3) is 0 Å². The summed E-state index contributed by atoms with van der Waals surface area (Å²) < 4.78 is 43.2. The van der Waals surface area contributed by atoms with Crippen LogP contribution in [0.1, 0.15) is 11.5 Å². The average molecular weight is 435 g/mol. The second-order valence-electron chi connectivity index (χ2n) is 5.88. The van der Waals surface area contributed by atoms with Gasteiger partial charge in [-0.15, -0.1) is 0 Å². The van der Waals surface area contributed by atoms with Crippen LogP contribution in [-0.2, 0) is 16.6 Å². The molecule has 152 valence electrons. The number of aliphatic imine (C=N–C) groups is 1. The number of furan rings is 1. The van der Waals surface area contributed by atoms with Gasteiger partial charge in [-0.05, 0) is 48.5 Å². The molecular formula is C20H19ClN2O5S. The lowest BCUT2D eigenvalue weighted by Crippen LogP contribution is -2.22. The first-order valence-electron chi connectivity index (χ1n) is 8.51. The number of hydrogen-bond acceptors (Lipinski definition) is 6. The van der Waals surface area contributed by atoms with Gasteiger partial charge in [0.15, 0.2) is 0 Å². The Balaban J connectivity index is 1.67. The van der Waals surface area contributed by atoms with E-state index in [9.17, 15) is 8.42 Å². The Morgan fingerprint density at radius 1 is 1.07 bits per heavy atom. The first-order chi connectivity index (χ1) is 13.9.